The predicted octanol–water partition coefficient (Wildman–Crippen LogP) is 2.17. The van der Waals surface area contributed by atoms with Crippen molar-refractivity contribution in [1.82, 2.24) is 4.57 Å². The first-order valence-corrected chi connectivity index (χ1v) is 7.72. The molecular formula is C19H16FN2O3-. The lowest BCUT2D eigenvalue weighted by atomic mass is 10.1. The fourth-order valence-electron chi connectivity index (χ4n) is 2.95. The number of carboxylic acids is 1. The van der Waals surface area contributed by atoms with Crippen LogP contribution in [-0.4, -0.2) is 16.4 Å². The van der Waals surface area contributed by atoms with Crippen LogP contribution in [0.4, 0.5) is 10.1 Å². The lowest BCUT2D eigenvalue weighted by Crippen LogP contribution is -2.27. The van der Waals surface area contributed by atoms with Crippen molar-refractivity contribution < 1.29 is 19.1 Å². The van der Waals surface area contributed by atoms with Crippen molar-refractivity contribution in [2.45, 2.75) is 13.3 Å². The van der Waals surface area contributed by atoms with E-state index in [0.717, 1.165) is 0 Å². The third-order valence-corrected chi connectivity index (χ3v) is 4.20. The van der Waals surface area contributed by atoms with Gasteiger partial charge in [0.2, 0.25) is 5.91 Å². The Morgan fingerprint density at radius 1 is 1.20 bits per heavy atom. The smallest absolute Gasteiger partial charge is 0.228 e. The zero-order chi connectivity index (χ0) is 18.1. The molecule has 2 aromatic carbocycles. The average Bonchev–Trinajstić information content (AvgIpc) is 2.84. The highest BCUT2D eigenvalue weighted by molar-refractivity contribution is 6.02. The molecule has 0 saturated heterocycles. The lowest BCUT2D eigenvalue weighted by Gasteiger charge is -2.10. The summed E-state index contributed by atoms with van der Waals surface area (Å²) in [7, 11) is 1.62. The van der Waals surface area contributed by atoms with Crippen molar-refractivity contribution in [2.24, 2.45) is 7.05 Å². The number of rotatable bonds is 4. The van der Waals surface area contributed by atoms with Crippen LogP contribution < -0.4 is 10.4 Å². The summed E-state index contributed by atoms with van der Waals surface area (Å²) in [5.41, 5.74) is 1.84. The summed E-state index contributed by atoms with van der Waals surface area (Å²) in [6.45, 7) is 1.63. The largest absolute Gasteiger partial charge is 0.543 e. The number of nitrogens with zero attached hydrogens (tertiary/aromatic N) is 1. The van der Waals surface area contributed by atoms with Crippen LogP contribution in [0.15, 0.2) is 42.5 Å². The molecule has 3 rings (SSSR count). The molecule has 0 unspecified atom stereocenters. The van der Waals surface area contributed by atoms with E-state index in [1.165, 1.54) is 10.6 Å². The zero-order valence-corrected chi connectivity index (χ0v) is 13.8. The van der Waals surface area contributed by atoms with E-state index in [4.69, 9.17) is 0 Å². The summed E-state index contributed by atoms with van der Waals surface area (Å²) >= 11 is 0. The predicted molar refractivity (Wildman–Crippen MR) is 90.7 cm³/mol. The molecule has 5 nitrogen and oxygen atoms in total. The van der Waals surface area contributed by atoms with Crippen LogP contribution in [0.3, 0.4) is 0 Å². The van der Waals surface area contributed by atoms with Gasteiger partial charge in [-0.3, -0.25) is 4.79 Å². The van der Waals surface area contributed by atoms with Crippen molar-refractivity contribution >= 4 is 28.5 Å². The molecule has 1 heterocycles. The Labute approximate surface area is 143 Å². The molecule has 0 aliphatic carbocycles. The maximum atomic E-state index is 13.6. The molecule has 1 N–H and O–H groups in total. The number of benzene rings is 2. The van der Waals surface area contributed by atoms with Gasteiger partial charge in [-0.05, 0) is 36.2 Å². The Balaban J connectivity index is 1.94. The van der Waals surface area contributed by atoms with Gasteiger partial charge in [0.1, 0.15) is 5.82 Å². The standard InChI is InChI=1S/C19H17FN2O3/c1-11-7-8-12(9-15(11)20)21-17(23)10-14-13-5-3-4-6-16(13)22(2)18(14)19(24)25/h3-9H,10H2,1-2H3,(H,21,23)(H,24,25)/p-1. The summed E-state index contributed by atoms with van der Waals surface area (Å²) < 4.78 is 15.1. The van der Waals surface area contributed by atoms with Crippen LogP contribution in [0.1, 0.15) is 21.6 Å². The first-order valence-electron chi connectivity index (χ1n) is 7.72. The number of carboxylic acid groups (broad SMARTS) is 1. The number of hydrogen-bond acceptors (Lipinski definition) is 3. The minimum Gasteiger partial charge on any atom is -0.543 e. The molecule has 0 saturated carbocycles. The van der Waals surface area contributed by atoms with Gasteiger partial charge in [-0.25, -0.2) is 4.39 Å². The van der Waals surface area contributed by atoms with Gasteiger partial charge in [-0.15, -0.1) is 0 Å². The Hall–Kier alpha value is -3.15. The zero-order valence-electron chi connectivity index (χ0n) is 13.8. The van der Waals surface area contributed by atoms with Gasteiger partial charge in [0.25, 0.3) is 0 Å². The van der Waals surface area contributed by atoms with Gasteiger partial charge >= 0.3 is 0 Å². The summed E-state index contributed by atoms with van der Waals surface area (Å²) in [6, 6.07) is 11.5. The molecule has 128 valence electrons. The molecule has 0 radical (unpaired) electrons. The number of aryl methyl sites for hydroxylation is 2. The maximum Gasteiger partial charge on any atom is 0.228 e. The first kappa shape index (κ1) is 16.7. The number of aromatic carboxylic acids is 1. The van der Waals surface area contributed by atoms with E-state index in [0.29, 0.717) is 27.7 Å². The van der Waals surface area contributed by atoms with Crippen LogP contribution in [-0.2, 0) is 18.3 Å². The third-order valence-electron chi connectivity index (χ3n) is 4.20. The summed E-state index contributed by atoms with van der Waals surface area (Å²) in [5.74, 6) is -2.19. The van der Waals surface area contributed by atoms with Gasteiger partial charge in [0, 0.05) is 23.6 Å². The van der Waals surface area contributed by atoms with Crippen molar-refractivity contribution in [3.8, 4) is 0 Å². The monoisotopic (exact) mass is 339 g/mol. The van der Waals surface area contributed by atoms with Gasteiger partial charge in [-0.1, -0.05) is 24.3 Å². The van der Waals surface area contributed by atoms with Crippen LogP contribution >= 0.6 is 0 Å². The first-order chi connectivity index (χ1) is 11.9. The number of carbonyl (C=O) groups excluding carboxylic acids is 2. The molecule has 3 aromatic rings. The number of fused-ring (bicyclic) bond motifs is 1. The van der Waals surface area contributed by atoms with E-state index < -0.39 is 17.7 Å². The third kappa shape index (κ3) is 3.10. The Bertz CT molecular complexity index is 992. The number of hydrogen-bond donors (Lipinski definition) is 1. The van der Waals surface area contributed by atoms with E-state index in [2.05, 4.69) is 5.32 Å². The van der Waals surface area contributed by atoms with Crippen molar-refractivity contribution in [3.63, 3.8) is 0 Å². The molecule has 0 aliphatic heterocycles. The Morgan fingerprint density at radius 3 is 2.60 bits per heavy atom. The number of nitrogens with one attached hydrogen (secondary N) is 1. The number of halogens is 1. The highest BCUT2D eigenvalue weighted by Gasteiger charge is 2.18. The summed E-state index contributed by atoms with van der Waals surface area (Å²) in [4.78, 5) is 23.9. The summed E-state index contributed by atoms with van der Waals surface area (Å²) in [5, 5.41) is 14.8. The number of anilines is 1. The second-order valence-electron chi connectivity index (χ2n) is 5.88. The van der Waals surface area contributed by atoms with E-state index in [1.54, 1.807) is 50.4 Å². The molecule has 0 atom stereocenters. The van der Waals surface area contributed by atoms with E-state index in [9.17, 15) is 19.1 Å². The molecule has 25 heavy (non-hydrogen) atoms. The lowest BCUT2D eigenvalue weighted by molar-refractivity contribution is -0.255. The average molecular weight is 339 g/mol. The van der Waals surface area contributed by atoms with Gasteiger partial charge < -0.3 is 19.8 Å². The van der Waals surface area contributed by atoms with Gasteiger partial charge in [0.15, 0.2) is 0 Å². The van der Waals surface area contributed by atoms with Gasteiger partial charge in [0.05, 0.1) is 18.1 Å². The quantitative estimate of drug-likeness (QED) is 0.792. The Kier molecular flexibility index (Phi) is 4.27. The molecule has 0 aliphatic rings. The van der Waals surface area contributed by atoms with Crippen molar-refractivity contribution in [1.29, 1.82) is 0 Å². The minimum absolute atomic E-state index is 0.0357. The fraction of sp³-hybridized carbons (Fsp3) is 0.158. The maximum absolute atomic E-state index is 13.6. The van der Waals surface area contributed by atoms with Crippen molar-refractivity contribution in [3.05, 3.63) is 65.1 Å². The molecule has 0 spiro atoms. The number of amides is 1. The minimum atomic E-state index is -1.34. The highest BCUT2D eigenvalue weighted by Crippen LogP contribution is 2.26. The van der Waals surface area contributed by atoms with Crippen LogP contribution in [0.25, 0.3) is 10.9 Å². The van der Waals surface area contributed by atoms with E-state index in [1.807, 2.05) is 0 Å². The van der Waals surface area contributed by atoms with Crippen LogP contribution in [0.2, 0.25) is 0 Å². The van der Waals surface area contributed by atoms with E-state index in [-0.39, 0.29) is 12.1 Å². The molecule has 1 aromatic heterocycles. The Morgan fingerprint density at radius 2 is 1.92 bits per heavy atom. The molecule has 0 bridgehead atoms. The molecular weight excluding hydrogens is 323 g/mol. The number of para-hydroxylation sites is 1. The normalized spacial score (nSPS) is 10.8. The highest BCUT2D eigenvalue weighted by atomic mass is 19.1. The number of carbonyl (C=O) groups is 2. The van der Waals surface area contributed by atoms with Gasteiger partial charge in [-0.2, -0.15) is 0 Å². The van der Waals surface area contributed by atoms with Crippen LogP contribution in [0, 0.1) is 12.7 Å². The molecule has 6 heteroatoms. The second kappa shape index (κ2) is 6.39. The van der Waals surface area contributed by atoms with Crippen LogP contribution in [0.5, 0.6) is 0 Å². The summed E-state index contributed by atoms with van der Waals surface area (Å²) in [6.07, 6.45) is -0.153. The van der Waals surface area contributed by atoms with E-state index >= 15 is 0 Å². The topological polar surface area (TPSA) is 74.2 Å². The van der Waals surface area contributed by atoms with Crippen molar-refractivity contribution in [2.75, 3.05) is 5.32 Å². The number of aromatic nitrogens is 1. The fourth-order valence-corrected chi connectivity index (χ4v) is 2.95. The molecule has 0 fully saturated rings. The molecule has 1 amide bonds. The second-order valence-corrected chi connectivity index (χ2v) is 5.88. The SMILES string of the molecule is Cc1ccc(NC(=O)Cc2c(C(=O)[O-])n(C)c3ccccc23)cc1F.